The van der Waals surface area contributed by atoms with Crippen LogP contribution in [0.25, 0.3) is 0 Å². The molecule has 0 radical (unpaired) electrons. The first-order chi connectivity index (χ1) is 9.58. The number of amides is 1. The van der Waals surface area contributed by atoms with Gasteiger partial charge in [-0.2, -0.15) is 0 Å². The quantitative estimate of drug-likeness (QED) is 0.933. The number of halogens is 2. The minimum absolute atomic E-state index is 0.0910. The van der Waals surface area contributed by atoms with E-state index < -0.39 is 0 Å². The maximum atomic E-state index is 12.1. The summed E-state index contributed by atoms with van der Waals surface area (Å²) >= 11 is 12.1. The Morgan fingerprint density at radius 2 is 1.80 bits per heavy atom. The largest absolute Gasteiger partial charge is 0.349 e. The lowest BCUT2D eigenvalue weighted by molar-refractivity contribution is -0.121. The van der Waals surface area contributed by atoms with Crippen LogP contribution in [0.1, 0.15) is 24.1 Å². The number of pyridine rings is 1. The van der Waals surface area contributed by atoms with Gasteiger partial charge in [-0.05, 0) is 42.3 Å². The summed E-state index contributed by atoms with van der Waals surface area (Å²) in [6.07, 6.45) is 3.56. The van der Waals surface area contributed by atoms with Crippen LogP contribution in [0.4, 0.5) is 0 Å². The molecule has 0 spiro atoms. The molecule has 0 bridgehead atoms. The number of rotatable bonds is 4. The predicted octanol–water partition coefficient (Wildman–Crippen LogP) is 3.81. The van der Waals surface area contributed by atoms with E-state index in [1.165, 1.54) is 0 Å². The van der Waals surface area contributed by atoms with Crippen molar-refractivity contribution in [2.75, 3.05) is 0 Å². The first-order valence-electron chi connectivity index (χ1n) is 6.20. The minimum Gasteiger partial charge on any atom is -0.349 e. The summed E-state index contributed by atoms with van der Waals surface area (Å²) < 4.78 is 0. The maximum absolute atomic E-state index is 12.1. The third kappa shape index (κ3) is 3.71. The second-order valence-electron chi connectivity index (χ2n) is 4.45. The van der Waals surface area contributed by atoms with Crippen molar-refractivity contribution in [3.05, 3.63) is 63.9 Å². The normalized spacial score (nSPS) is 11.9. The maximum Gasteiger partial charge on any atom is 0.225 e. The van der Waals surface area contributed by atoms with E-state index in [9.17, 15) is 4.79 Å². The van der Waals surface area contributed by atoms with Crippen LogP contribution >= 0.6 is 23.2 Å². The van der Waals surface area contributed by atoms with Gasteiger partial charge in [-0.25, -0.2) is 0 Å². The Balaban J connectivity index is 2.03. The van der Waals surface area contributed by atoms with E-state index in [1.54, 1.807) is 30.6 Å². The topological polar surface area (TPSA) is 42.0 Å². The average molecular weight is 309 g/mol. The SMILES string of the molecule is CC(NC(=O)Cc1c(Cl)cccc1Cl)c1ccncc1. The molecule has 0 aliphatic heterocycles. The zero-order chi connectivity index (χ0) is 14.5. The number of hydrogen-bond donors (Lipinski definition) is 1. The van der Waals surface area contributed by atoms with Crippen molar-refractivity contribution >= 4 is 29.1 Å². The number of carbonyl (C=O) groups excluding carboxylic acids is 1. The number of carbonyl (C=O) groups is 1. The van der Waals surface area contributed by atoms with Crippen molar-refractivity contribution in [1.29, 1.82) is 0 Å². The Morgan fingerprint density at radius 3 is 2.40 bits per heavy atom. The second-order valence-corrected chi connectivity index (χ2v) is 5.26. The molecular weight excluding hydrogens is 295 g/mol. The third-order valence-electron chi connectivity index (χ3n) is 2.98. The lowest BCUT2D eigenvalue weighted by Crippen LogP contribution is -2.28. The van der Waals surface area contributed by atoms with Crippen LogP contribution in [0.15, 0.2) is 42.7 Å². The summed E-state index contributed by atoms with van der Waals surface area (Å²) in [5.41, 5.74) is 1.65. The number of benzene rings is 1. The summed E-state index contributed by atoms with van der Waals surface area (Å²) in [5.74, 6) is -0.121. The molecule has 5 heteroatoms. The average Bonchev–Trinajstić information content (AvgIpc) is 2.44. The molecule has 1 amide bonds. The van der Waals surface area contributed by atoms with Crippen molar-refractivity contribution in [3.63, 3.8) is 0 Å². The van der Waals surface area contributed by atoms with Gasteiger partial charge in [0.05, 0.1) is 12.5 Å². The molecule has 1 N–H and O–H groups in total. The molecule has 1 unspecified atom stereocenters. The molecule has 1 atom stereocenters. The zero-order valence-electron chi connectivity index (χ0n) is 10.9. The zero-order valence-corrected chi connectivity index (χ0v) is 12.4. The summed E-state index contributed by atoms with van der Waals surface area (Å²) in [6, 6.07) is 8.85. The fourth-order valence-electron chi connectivity index (χ4n) is 1.89. The highest BCUT2D eigenvalue weighted by Crippen LogP contribution is 2.24. The summed E-state index contributed by atoms with van der Waals surface area (Å²) in [4.78, 5) is 16.0. The molecular formula is C15H14Cl2N2O. The van der Waals surface area contributed by atoms with E-state index in [-0.39, 0.29) is 18.4 Å². The molecule has 0 aliphatic rings. The first-order valence-corrected chi connectivity index (χ1v) is 6.95. The molecule has 3 nitrogen and oxygen atoms in total. The number of nitrogens with zero attached hydrogens (tertiary/aromatic N) is 1. The molecule has 0 aliphatic carbocycles. The van der Waals surface area contributed by atoms with Gasteiger partial charge < -0.3 is 5.32 Å². The molecule has 1 aromatic carbocycles. The molecule has 104 valence electrons. The van der Waals surface area contributed by atoms with Crippen LogP contribution in [0.3, 0.4) is 0 Å². The molecule has 1 heterocycles. The van der Waals surface area contributed by atoms with E-state index in [2.05, 4.69) is 10.3 Å². The van der Waals surface area contributed by atoms with Gasteiger partial charge >= 0.3 is 0 Å². The fourth-order valence-corrected chi connectivity index (χ4v) is 2.42. The highest BCUT2D eigenvalue weighted by molar-refractivity contribution is 6.36. The molecule has 1 aromatic heterocycles. The van der Waals surface area contributed by atoms with E-state index in [4.69, 9.17) is 23.2 Å². The smallest absolute Gasteiger partial charge is 0.225 e. The molecule has 2 aromatic rings. The first kappa shape index (κ1) is 14.8. The van der Waals surface area contributed by atoms with Crippen LogP contribution in [-0.2, 0) is 11.2 Å². The van der Waals surface area contributed by atoms with Crippen LogP contribution in [0.2, 0.25) is 10.0 Å². The van der Waals surface area contributed by atoms with Gasteiger partial charge in [-0.15, -0.1) is 0 Å². The Labute approximate surface area is 127 Å². The number of aromatic nitrogens is 1. The van der Waals surface area contributed by atoms with Gasteiger partial charge in [-0.3, -0.25) is 9.78 Å². The minimum atomic E-state index is -0.121. The van der Waals surface area contributed by atoms with E-state index in [1.807, 2.05) is 19.1 Å². The van der Waals surface area contributed by atoms with Crippen molar-refractivity contribution < 1.29 is 4.79 Å². The molecule has 0 saturated carbocycles. The fraction of sp³-hybridized carbons (Fsp3) is 0.200. The molecule has 0 saturated heterocycles. The Hall–Kier alpha value is -1.58. The summed E-state index contributed by atoms with van der Waals surface area (Å²) in [6.45, 7) is 1.92. The van der Waals surface area contributed by atoms with Gasteiger partial charge in [0.2, 0.25) is 5.91 Å². The van der Waals surface area contributed by atoms with Crippen LogP contribution in [0, 0.1) is 0 Å². The van der Waals surface area contributed by atoms with Crippen LogP contribution in [0.5, 0.6) is 0 Å². The number of nitrogens with one attached hydrogen (secondary N) is 1. The van der Waals surface area contributed by atoms with Crippen molar-refractivity contribution in [1.82, 2.24) is 10.3 Å². The van der Waals surface area contributed by atoms with Gasteiger partial charge in [-0.1, -0.05) is 29.3 Å². The standard InChI is InChI=1S/C15H14Cl2N2O/c1-10(11-5-7-18-8-6-11)19-15(20)9-12-13(16)3-2-4-14(12)17/h2-8,10H,9H2,1H3,(H,19,20). The molecule has 20 heavy (non-hydrogen) atoms. The third-order valence-corrected chi connectivity index (χ3v) is 3.69. The number of hydrogen-bond acceptors (Lipinski definition) is 2. The van der Waals surface area contributed by atoms with Gasteiger partial charge in [0.25, 0.3) is 0 Å². The lowest BCUT2D eigenvalue weighted by Gasteiger charge is -2.14. The highest BCUT2D eigenvalue weighted by atomic mass is 35.5. The Kier molecular flexibility index (Phi) is 4.99. The summed E-state index contributed by atoms with van der Waals surface area (Å²) in [7, 11) is 0. The Morgan fingerprint density at radius 1 is 1.20 bits per heavy atom. The Bertz CT molecular complexity index is 582. The van der Waals surface area contributed by atoms with E-state index >= 15 is 0 Å². The molecule has 2 rings (SSSR count). The predicted molar refractivity (Wildman–Crippen MR) is 81.0 cm³/mol. The van der Waals surface area contributed by atoms with Crippen molar-refractivity contribution in [2.24, 2.45) is 0 Å². The van der Waals surface area contributed by atoms with Crippen LogP contribution in [-0.4, -0.2) is 10.9 Å². The van der Waals surface area contributed by atoms with Gasteiger partial charge in [0.1, 0.15) is 0 Å². The second kappa shape index (κ2) is 6.73. The molecule has 0 fully saturated rings. The lowest BCUT2D eigenvalue weighted by atomic mass is 10.1. The van der Waals surface area contributed by atoms with Crippen molar-refractivity contribution in [3.8, 4) is 0 Å². The van der Waals surface area contributed by atoms with Crippen molar-refractivity contribution in [2.45, 2.75) is 19.4 Å². The highest BCUT2D eigenvalue weighted by Gasteiger charge is 2.13. The van der Waals surface area contributed by atoms with Crippen LogP contribution < -0.4 is 5.32 Å². The van der Waals surface area contributed by atoms with E-state index in [0.717, 1.165) is 5.56 Å². The monoisotopic (exact) mass is 308 g/mol. The van der Waals surface area contributed by atoms with Gasteiger partial charge in [0.15, 0.2) is 0 Å². The summed E-state index contributed by atoms with van der Waals surface area (Å²) in [5, 5.41) is 3.92. The van der Waals surface area contributed by atoms with Gasteiger partial charge in [0, 0.05) is 22.4 Å². The van der Waals surface area contributed by atoms with E-state index in [0.29, 0.717) is 15.6 Å².